The van der Waals surface area contributed by atoms with Gasteiger partial charge in [0.2, 0.25) is 0 Å². The predicted molar refractivity (Wildman–Crippen MR) is 69.7 cm³/mol. The van der Waals surface area contributed by atoms with Gasteiger partial charge in [-0.15, -0.1) is 11.3 Å². The van der Waals surface area contributed by atoms with Gasteiger partial charge >= 0.3 is 0 Å². The Balaban J connectivity index is 2.17. The van der Waals surface area contributed by atoms with Gasteiger partial charge in [-0.2, -0.15) is 5.26 Å². The van der Waals surface area contributed by atoms with Gasteiger partial charge in [-0.3, -0.25) is 0 Å². The van der Waals surface area contributed by atoms with E-state index in [1.54, 1.807) is 29.7 Å². The summed E-state index contributed by atoms with van der Waals surface area (Å²) in [5, 5.41) is 15.1. The molecule has 0 fully saturated rings. The van der Waals surface area contributed by atoms with Crippen LogP contribution in [0, 0.1) is 11.3 Å². The molecule has 0 saturated heterocycles. The van der Waals surface area contributed by atoms with Crippen molar-refractivity contribution in [3.8, 4) is 6.07 Å². The number of nitrogens with one attached hydrogen (secondary N) is 1. The van der Waals surface area contributed by atoms with E-state index in [1.165, 1.54) is 0 Å². The third kappa shape index (κ3) is 2.55. The molecule has 0 aliphatic carbocycles. The Kier molecular flexibility index (Phi) is 3.26. The zero-order valence-electron chi connectivity index (χ0n) is 9.34. The largest absolute Gasteiger partial charge is 0.398 e. The molecule has 4 nitrogen and oxygen atoms in total. The maximum absolute atomic E-state index is 8.89. The van der Waals surface area contributed by atoms with E-state index in [0.29, 0.717) is 11.3 Å². The van der Waals surface area contributed by atoms with E-state index < -0.39 is 0 Å². The fourth-order valence-corrected chi connectivity index (χ4v) is 2.15. The molecule has 1 aromatic carbocycles. The molecule has 1 atom stereocenters. The molecule has 1 heterocycles. The van der Waals surface area contributed by atoms with Crippen LogP contribution < -0.4 is 11.1 Å². The standard InChI is InChI=1S/C12H12N4S/c1-8(12-15-4-5-17-12)16-10-2-3-11(14)9(6-10)7-13/h2-6,8,16H,14H2,1H3. The first kappa shape index (κ1) is 11.4. The summed E-state index contributed by atoms with van der Waals surface area (Å²) in [6, 6.07) is 7.52. The Hall–Kier alpha value is -2.06. The summed E-state index contributed by atoms with van der Waals surface area (Å²) in [5.74, 6) is 0. The van der Waals surface area contributed by atoms with Crippen LogP contribution in [0.4, 0.5) is 11.4 Å². The highest BCUT2D eigenvalue weighted by atomic mass is 32.1. The molecule has 0 amide bonds. The summed E-state index contributed by atoms with van der Waals surface area (Å²) in [6.45, 7) is 2.03. The van der Waals surface area contributed by atoms with Crippen molar-refractivity contribution in [3.05, 3.63) is 40.3 Å². The Labute approximate surface area is 104 Å². The number of anilines is 2. The minimum atomic E-state index is 0.116. The molecule has 3 N–H and O–H groups in total. The van der Waals surface area contributed by atoms with Crippen molar-refractivity contribution in [2.24, 2.45) is 0 Å². The Morgan fingerprint density at radius 2 is 2.35 bits per heavy atom. The molecule has 0 aliphatic rings. The summed E-state index contributed by atoms with van der Waals surface area (Å²) in [4.78, 5) is 4.24. The summed E-state index contributed by atoms with van der Waals surface area (Å²) in [5.41, 5.74) is 7.53. The van der Waals surface area contributed by atoms with Gasteiger partial charge in [0.15, 0.2) is 0 Å². The van der Waals surface area contributed by atoms with Gasteiger partial charge in [-0.05, 0) is 25.1 Å². The van der Waals surface area contributed by atoms with Crippen LogP contribution in [0.3, 0.4) is 0 Å². The normalized spacial score (nSPS) is 11.8. The number of aromatic nitrogens is 1. The molecular weight excluding hydrogens is 232 g/mol. The number of nitriles is 1. The van der Waals surface area contributed by atoms with Crippen molar-refractivity contribution >= 4 is 22.7 Å². The molecule has 0 spiro atoms. The summed E-state index contributed by atoms with van der Waals surface area (Å²) >= 11 is 1.60. The van der Waals surface area contributed by atoms with Crippen molar-refractivity contribution in [1.82, 2.24) is 4.98 Å². The van der Waals surface area contributed by atoms with Gasteiger partial charge in [0.05, 0.1) is 11.6 Å². The van der Waals surface area contributed by atoms with Crippen LogP contribution in [0.5, 0.6) is 0 Å². The van der Waals surface area contributed by atoms with Gasteiger partial charge in [0.25, 0.3) is 0 Å². The van der Waals surface area contributed by atoms with Crippen LogP contribution in [0.15, 0.2) is 29.8 Å². The van der Waals surface area contributed by atoms with Gasteiger partial charge in [-0.25, -0.2) is 4.98 Å². The van der Waals surface area contributed by atoms with Crippen molar-refractivity contribution in [1.29, 1.82) is 5.26 Å². The molecule has 86 valence electrons. The first-order valence-electron chi connectivity index (χ1n) is 5.16. The van der Waals surface area contributed by atoms with E-state index in [2.05, 4.69) is 16.4 Å². The maximum Gasteiger partial charge on any atom is 0.115 e. The molecule has 17 heavy (non-hydrogen) atoms. The predicted octanol–water partition coefficient (Wildman–Crippen LogP) is 2.77. The number of nitrogens with two attached hydrogens (primary N) is 1. The molecule has 0 bridgehead atoms. The number of hydrogen-bond acceptors (Lipinski definition) is 5. The molecule has 0 aliphatic heterocycles. The maximum atomic E-state index is 8.89. The smallest absolute Gasteiger partial charge is 0.115 e. The van der Waals surface area contributed by atoms with E-state index in [-0.39, 0.29) is 6.04 Å². The topological polar surface area (TPSA) is 74.7 Å². The van der Waals surface area contributed by atoms with E-state index in [1.807, 2.05) is 18.4 Å². The zero-order chi connectivity index (χ0) is 12.3. The van der Waals surface area contributed by atoms with Crippen LogP contribution in [0.2, 0.25) is 0 Å². The van der Waals surface area contributed by atoms with Gasteiger partial charge in [0.1, 0.15) is 11.1 Å². The van der Waals surface area contributed by atoms with Crippen molar-refractivity contribution in [2.75, 3.05) is 11.1 Å². The minimum Gasteiger partial charge on any atom is -0.398 e. The Bertz CT molecular complexity index is 542. The van der Waals surface area contributed by atoms with Crippen molar-refractivity contribution in [3.63, 3.8) is 0 Å². The fraction of sp³-hybridized carbons (Fsp3) is 0.167. The van der Waals surface area contributed by atoms with Gasteiger partial charge < -0.3 is 11.1 Å². The first-order valence-corrected chi connectivity index (χ1v) is 6.04. The van der Waals surface area contributed by atoms with Gasteiger partial charge in [-0.1, -0.05) is 0 Å². The third-order valence-electron chi connectivity index (χ3n) is 2.38. The molecule has 1 unspecified atom stereocenters. The molecule has 2 rings (SSSR count). The molecule has 5 heteroatoms. The summed E-state index contributed by atoms with van der Waals surface area (Å²) in [6.07, 6.45) is 1.78. The number of nitrogens with zero attached hydrogens (tertiary/aromatic N) is 2. The molecule has 0 radical (unpaired) electrons. The summed E-state index contributed by atoms with van der Waals surface area (Å²) < 4.78 is 0. The van der Waals surface area contributed by atoms with Crippen LogP contribution in [0.25, 0.3) is 0 Å². The zero-order valence-corrected chi connectivity index (χ0v) is 10.2. The molecule has 2 aromatic rings. The lowest BCUT2D eigenvalue weighted by Gasteiger charge is -2.13. The number of rotatable bonds is 3. The van der Waals surface area contributed by atoms with E-state index in [9.17, 15) is 0 Å². The highest BCUT2D eigenvalue weighted by Gasteiger charge is 2.08. The van der Waals surface area contributed by atoms with Crippen LogP contribution in [-0.4, -0.2) is 4.98 Å². The third-order valence-corrected chi connectivity index (χ3v) is 3.34. The van der Waals surface area contributed by atoms with Crippen molar-refractivity contribution < 1.29 is 0 Å². The lowest BCUT2D eigenvalue weighted by atomic mass is 10.1. The van der Waals surface area contributed by atoms with E-state index in [0.717, 1.165) is 10.7 Å². The number of benzene rings is 1. The SMILES string of the molecule is CC(Nc1ccc(N)c(C#N)c1)c1nccs1. The van der Waals surface area contributed by atoms with Crippen LogP contribution in [0.1, 0.15) is 23.5 Å². The highest BCUT2D eigenvalue weighted by Crippen LogP contribution is 2.23. The monoisotopic (exact) mass is 244 g/mol. The molecular formula is C12H12N4S. The first-order chi connectivity index (χ1) is 8.20. The molecule has 1 aromatic heterocycles. The quantitative estimate of drug-likeness (QED) is 0.814. The van der Waals surface area contributed by atoms with Gasteiger partial charge in [0, 0.05) is 23.0 Å². The average Bonchev–Trinajstić information content (AvgIpc) is 2.85. The second kappa shape index (κ2) is 4.85. The number of nitrogen functional groups attached to an aromatic ring is 1. The lowest BCUT2D eigenvalue weighted by molar-refractivity contribution is 0.870. The van der Waals surface area contributed by atoms with E-state index >= 15 is 0 Å². The average molecular weight is 244 g/mol. The van der Waals surface area contributed by atoms with Crippen LogP contribution >= 0.6 is 11.3 Å². The Morgan fingerprint density at radius 3 is 3.00 bits per heavy atom. The minimum absolute atomic E-state index is 0.116. The van der Waals surface area contributed by atoms with Crippen molar-refractivity contribution in [2.45, 2.75) is 13.0 Å². The number of thiazole rings is 1. The lowest BCUT2D eigenvalue weighted by Crippen LogP contribution is -2.06. The second-order valence-corrected chi connectivity index (χ2v) is 4.58. The second-order valence-electron chi connectivity index (χ2n) is 3.65. The summed E-state index contributed by atoms with van der Waals surface area (Å²) in [7, 11) is 0. The highest BCUT2D eigenvalue weighted by molar-refractivity contribution is 7.09. The fourth-order valence-electron chi connectivity index (χ4n) is 1.50. The van der Waals surface area contributed by atoms with Crippen LogP contribution in [-0.2, 0) is 0 Å². The Morgan fingerprint density at radius 1 is 1.53 bits per heavy atom. The molecule has 0 saturated carbocycles. The number of hydrogen-bond donors (Lipinski definition) is 2. The van der Waals surface area contributed by atoms with E-state index in [4.69, 9.17) is 11.0 Å².